The van der Waals surface area contributed by atoms with Gasteiger partial charge in [0.25, 0.3) is 10.4 Å². The minimum atomic E-state index is -4.58. The minimum Gasteiger partial charge on any atom is -0.716 e. The number of hydrogen-bond acceptors (Lipinski definition) is 4. The van der Waals surface area contributed by atoms with Crippen LogP contribution in [0.5, 0.6) is 0 Å². The molecule has 6 heteroatoms. The van der Waals surface area contributed by atoms with Crippen LogP contribution in [0.2, 0.25) is 0 Å². The van der Waals surface area contributed by atoms with E-state index in [1.165, 1.54) is 51.4 Å². The summed E-state index contributed by atoms with van der Waals surface area (Å²) in [4.78, 5) is 0. The summed E-state index contributed by atoms with van der Waals surface area (Å²) in [5.74, 6) is 0. The summed E-state index contributed by atoms with van der Waals surface area (Å²) >= 11 is 0. The van der Waals surface area contributed by atoms with Gasteiger partial charge in [0.15, 0.2) is 0 Å². The summed E-state index contributed by atoms with van der Waals surface area (Å²) in [7, 11) is -4.58. The summed E-state index contributed by atoms with van der Waals surface area (Å²) < 4.78 is 34.3. The van der Waals surface area contributed by atoms with Crippen LogP contribution in [-0.2, 0) is 14.6 Å². The van der Waals surface area contributed by atoms with Gasteiger partial charge < -0.3 is 8.74 Å². The second-order valence-electron chi connectivity index (χ2n) is 4.85. The molecule has 0 aromatic carbocycles. The van der Waals surface area contributed by atoms with Crippen molar-refractivity contribution in [1.29, 1.82) is 0 Å². The molecule has 0 rings (SSSR count). The van der Waals surface area contributed by atoms with Crippen LogP contribution in [0.3, 0.4) is 0 Å². The Morgan fingerprint density at radius 3 is 1.80 bits per heavy atom. The zero-order valence-electron chi connectivity index (χ0n) is 13.0. The van der Waals surface area contributed by atoms with Crippen LogP contribution in [0.15, 0.2) is 12.3 Å². The molecule has 0 amide bonds. The first-order chi connectivity index (χ1) is 9.06. The van der Waals surface area contributed by atoms with Crippen molar-refractivity contribution in [3.63, 3.8) is 0 Å². The Hall–Kier alpha value is 0.450. The molecule has 0 spiro atoms. The van der Waals surface area contributed by atoms with E-state index in [0.717, 1.165) is 25.5 Å². The fourth-order valence-electron chi connectivity index (χ4n) is 1.92. The van der Waals surface area contributed by atoms with Gasteiger partial charge in [-0.25, -0.2) is 8.42 Å². The van der Waals surface area contributed by atoms with Crippen molar-refractivity contribution in [1.82, 2.24) is 0 Å². The smallest absolute Gasteiger partial charge is 0.716 e. The predicted molar refractivity (Wildman–Crippen MR) is 76.4 cm³/mol. The van der Waals surface area contributed by atoms with Crippen LogP contribution in [0, 0.1) is 0 Å². The summed E-state index contributed by atoms with van der Waals surface area (Å²) in [5, 5.41) is 0. The maximum absolute atomic E-state index is 10.1. The molecule has 0 unspecified atom stereocenters. The van der Waals surface area contributed by atoms with Crippen LogP contribution >= 0.6 is 0 Å². The third kappa shape index (κ3) is 20.8. The number of rotatable bonds is 13. The Bertz CT molecular complexity index is 315. The van der Waals surface area contributed by atoms with E-state index >= 15 is 0 Å². The molecule has 0 fully saturated rings. The first-order valence-electron chi connectivity index (χ1n) is 7.35. The third-order valence-corrected chi connectivity index (χ3v) is 3.34. The van der Waals surface area contributed by atoms with E-state index in [0.29, 0.717) is 0 Å². The first-order valence-corrected chi connectivity index (χ1v) is 8.68. The van der Waals surface area contributed by atoms with Crippen molar-refractivity contribution in [3.05, 3.63) is 12.3 Å². The Morgan fingerprint density at radius 1 is 0.900 bits per heavy atom. The van der Waals surface area contributed by atoms with Gasteiger partial charge in [-0.15, -0.1) is 0 Å². The molecule has 20 heavy (non-hydrogen) atoms. The average molecular weight is 314 g/mol. The van der Waals surface area contributed by atoms with E-state index in [-0.39, 0.29) is 29.6 Å². The Kier molecular flexibility index (Phi) is 18.0. The fourth-order valence-corrected chi connectivity index (χ4v) is 2.14. The van der Waals surface area contributed by atoms with Gasteiger partial charge in [-0.2, -0.15) is 0 Å². The van der Waals surface area contributed by atoms with Gasteiger partial charge >= 0.3 is 29.6 Å². The number of allylic oxidation sites excluding steroid dienone is 1. The molecular formula is C14H27NaO4S. The number of hydrogen-bond donors (Lipinski definition) is 0. The summed E-state index contributed by atoms with van der Waals surface area (Å²) in [6.45, 7) is 2.23. The first kappa shape index (κ1) is 22.7. The zero-order chi connectivity index (χ0) is 14.4. The molecule has 114 valence electrons. The van der Waals surface area contributed by atoms with Crippen molar-refractivity contribution >= 4 is 10.4 Å². The van der Waals surface area contributed by atoms with E-state index in [2.05, 4.69) is 11.1 Å². The standard InChI is InChI=1S/C14H28O4S.Na/c1-2-3-4-5-6-7-8-9-10-11-12-13-14-18-19(15,16)17;/h13-14H,2-12H2,1H3,(H,15,16,17);/q;+1/p-1/b14-13+;. The van der Waals surface area contributed by atoms with Crippen LogP contribution in [-0.4, -0.2) is 13.0 Å². The van der Waals surface area contributed by atoms with Gasteiger partial charge in [0.05, 0.1) is 0 Å². The predicted octanol–water partition coefficient (Wildman–Crippen LogP) is 1.29. The van der Waals surface area contributed by atoms with Crippen molar-refractivity contribution in [2.75, 3.05) is 0 Å². The SMILES string of the molecule is CCCCCCCCCCCC/C=C/OS(=O)(=O)[O-].[Na+]. The number of unbranched alkanes of at least 4 members (excludes halogenated alkanes) is 10. The molecule has 0 aromatic heterocycles. The quantitative estimate of drug-likeness (QED) is 0.169. The molecule has 0 aliphatic rings. The van der Waals surface area contributed by atoms with Gasteiger partial charge in [0.2, 0.25) is 0 Å². The van der Waals surface area contributed by atoms with Gasteiger partial charge in [0, 0.05) is 0 Å². The van der Waals surface area contributed by atoms with E-state index in [1.807, 2.05) is 0 Å². The molecule has 4 nitrogen and oxygen atoms in total. The summed E-state index contributed by atoms with van der Waals surface area (Å²) in [6, 6.07) is 0. The van der Waals surface area contributed by atoms with Crippen LogP contribution in [0.1, 0.15) is 77.6 Å². The maximum Gasteiger partial charge on any atom is 1.00 e. The van der Waals surface area contributed by atoms with Gasteiger partial charge in [-0.05, 0) is 18.9 Å². The van der Waals surface area contributed by atoms with Crippen molar-refractivity contribution < 1.29 is 46.7 Å². The maximum atomic E-state index is 10.1. The Labute approximate surface area is 146 Å². The topological polar surface area (TPSA) is 66.4 Å². The summed E-state index contributed by atoms with van der Waals surface area (Å²) in [6.07, 6.45) is 16.0. The van der Waals surface area contributed by atoms with E-state index in [1.54, 1.807) is 6.08 Å². The Balaban J connectivity index is 0. The fraction of sp³-hybridized carbons (Fsp3) is 0.857. The molecule has 0 aliphatic heterocycles. The van der Waals surface area contributed by atoms with Crippen molar-refractivity contribution in [2.24, 2.45) is 0 Å². The molecule has 0 saturated heterocycles. The van der Waals surface area contributed by atoms with E-state index < -0.39 is 10.4 Å². The normalized spacial score (nSPS) is 11.5. The molecule has 0 aliphatic carbocycles. The molecular weight excluding hydrogens is 287 g/mol. The van der Waals surface area contributed by atoms with E-state index in [4.69, 9.17) is 0 Å². The van der Waals surface area contributed by atoms with Crippen molar-refractivity contribution in [3.8, 4) is 0 Å². The molecule has 0 saturated carbocycles. The summed E-state index contributed by atoms with van der Waals surface area (Å²) in [5.41, 5.74) is 0. The van der Waals surface area contributed by atoms with Crippen LogP contribution in [0.25, 0.3) is 0 Å². The molecule has 0 bridgehead atoms. The molecule has 0 heterocycles. The average Bonchev–Trinajstić information content (AvgIpc) is 2.34. The van der Waals surface area contributed by atoms with Crippen LogP contribution in [0.4, 0.5) is 0 Å². The second kappa shape index (κ2) is 15.8. The van der Waals surface area contributed by atoms with Gasteiger partial charge in [-0.1, -0.05) is 64.7 Å². The molecule has 0 aromatic rings. The Morgan fingerprint density at radius 2 is 1.35 bits per heavy atom. The van der Waals surface area contributed by atoms with Crippen LogP contribution < -0.4 is 29.6 Å². The molecule has 0 atom stereocenters. The largest absolute Gasteiger partial charge is 1.00 e. The van der Waals surface area contributed by atoms with Crippen molar-refractivity contribution in [2.45, 2.75) is 77.6 Å². The van der Waals surface area contributed by atoms with Gasteiger partial charge in [-0.3, -0.25) is 0 Å². The monoisotopic (exact) mass is 314 g/mol. The van der Waals surface area contributed by atoms with E-state index in [9.17, 15) is 13.0 Å². The third-order valence-electron chi connectivity index (χ3n) is 2.99. The molecule has 0 radical (unpaired) electrons. The van der Waals surface area contributed by atoms with Gasteiger partial charge in [0.1, 0.15) is 6.26 Å². The zero-order valence-corrected chi connectivity index (χ0v) is 15.8. The second-order valence-corrected chi connectivity index (χ2v) is 5.86. The minimum absolute atomic E-state index is 0. The molecule has 0 N–H and O–H groups in total.